The molecule has 0 radical (unpaired) electrons. The third-order valence-corrected chi connectivity index (χ3v) is 4.10. The number of aliphatic hydroxyl groups excluding tert-OH is 1. The zero-order valence-corrected chi connectivity index (χ0v) is 9.15. The molecule has 5 nitrogen and oxygen atoms in total. The summed E-state index contributed by atoms with van der Waals surface area (Å²) in [7, 11) is 0. The van der Waals surface area contributed by atoms with Crippen LogP contribution in [0, 0.1) is 0 Å². The maximum atomic E-state index is 9.68. The van der Waals surface area contributed by atoms with Gasteiger partial charge in [0.1, 0.15) is 0 Å². The van der Waals surface area contributed by atoms with Gasteiger partial charge in [0.05, 0.1) is 6.10 Å². The average Bonchev–Trinajstić information content (AvgIpc) is 2.69. The lowest BCUT2D eigenvalue weighted by molar-refractivity contribution is 0.126. The quantitative estimate of drug-likeness (QED) is 0.734. The van der Waals surface area contributed by atoms with Crippen LogP contribution in [-0.4, -0.2) is 32.7 Å². The van der Waals surface area contributed by atoms with Crippen LogP contribution in [0.3, 0.4) is 0 Å². The van der Waals surface area contributed by atoms with Crippen molar-refractivity contribution in [1.82, 2.24) is 9.36 Å². The summed E-state index contributed by atoms with van der Waals surface area (Å²) in [5, 5.41) is 10.6. The van der Waals surface area contributed by atoms with E-state index in [2.05, 4.69) is 14.3 Å². The number of aliphatic hydroxyl groups is 1. The summed E-state index contributed by atoms with van der Waals surface area (Å²) in [6, 6.07) is 0.872. The molecule has 1 aromatic heterocycles. The van der Waals surface area contributed by atoms with Crippen molar-refractivity contribution in [2.45, 2.75) is 43.9 Å². The highest BCUT2D eigenvalue weighted by Gasteiger charge is 2.41. The number of nitrogens with two attached hydrogens (primary N) is 1. The van der Waals surface area contributed by atoms with Crippen molar-refractivity contribution in [3.63, 3.8) is 0 Å². The fourth-order valence-corrected chi connectivity index (χ4v) is 3.53. The molecule has 2 aliphatic rings. The van der Waals surface area contributed by atoms with Gasteiger partial charge in [-0.05, 0) is 25.7 Å². The van der Waals surface area contributed by atoms with E-state index in [-0.39, 0.29) is 6.10 Å². The molecule has 3 rings (SSSR count). The van der Waals surface area contributed by atoms with Crippen LogP contribution in [0.15, 0.2) is 0 Å². The first kappa shape index (κ1) is 9.35. The highest BCUT2D eigenvalue weighted by molar-refractivity contribution is 7.09. The SMILES string of the molecule is Nc1nsc(N2C3CCC2CC(O)C3)n1. The highest BCUT2D eigenvalue weighted by atomic mass is 32.1. The van der Waals surface area contributed by atoms with E-state index < -0.39 is 0 Å². The molecule has 2 fully saturated rings. The van der Waals surface area contributed by atoms with Gasteiger partial charge < -0.3 is 15.7 Å². The van der Waals surface area contributed by atoms with Crippen molar-refractivity contribution in [2.24, 2.45) is 0 Å². The van der Waals surface area contributed by atoms with Gasteiger partial charge in [0.15, 0.2) is 0 Å². The fourth-order valence-electron chi connectivity index (χ4n) is 2.79. The number of hydrogen-bond acceptors (Lipinski definition) is 6. The first-order valence-electron chi connectivity index (χ1n) is 5.29. The van der Waals surface area contributed by atoms with Gasteiger partial charge in [-0.3, -0.25) is 0 Å². The molecule has 0 aromatic carbocycles. The number of piperidine rings is 1. The van der Waals surface area contributed by atoms with Crippen molar-refractivity contribution in [3.05, 3.63) is 0 Å². The number of rotatable bonds is 1. The number of hydrogen-bond donors (Lipinski definition) is 2. The van der Waals surface area contributed by atoms with Gasteiger partial charge in [-0.1, -0.05) is 0 Å². The Balaban J connectivity index is 1.88. The lowest BCUT2D eigenvalue weighted by Gasteiger charge is -2.36. The van der Waals surface area contributed by atoms with Crippen LogP contribution in [0.5, 0.6) is 0 Å². The average molecular weight is 226 g/mol. The Kier molecular flexibility index (Phi) is 2.07. The molecule has 0 spiro atoms. The standard InChI is InChI=1S/C9H14N4OS/c10-8-11-9(15-12-8)13-5-1-2-6(13)4-7(14)3-5/h5-7,14H,1-4H2,(H2,10,12). The highest BCUT2D eigenvalue weighted by Crippen LogP contribution is 2.39. The van der Waals surface area contributed by atoms with Crippen molar-refractivity contribution in [3.8, 4) is 0 Å². The van der Waals surface area contributed by atoms with E-state index in [0.717, 1.165) is 30.8 Å². The van der Waals surface area contributed by atoms with Crippen LogP contribution in [0.1, 0.15) is 25.7 Å². The number of aromatic nitrogens is 2. The van der Waals surface area contributed by atoms with E-state index in [9.17, 15) is 5.11 Å². The second-order valence-electron chi connectivity index (χ2n) is 4.35. The molecule has 0 amide bonds. The minimum atomic E-state index is -0.135. The number of nitrogen functional groups attached to an aromatic ring is 1. The molecule has 0 aliphatic carbocycles. The minimum Gasteiger partial charge on any atom is -0.393 e. The van der Waals surface area contributed by atoms with E-state index in [4.69, 9.17) is 5.73 Å². The topological polar surface area (TPSA) is 75.3 Å². The van der Waals surface area contributed by atoms with Gasteiger partial charge in [-0.2, -0.15) is 9.36 Å². The summed E-state index contributed by atoms with van der Waals surface area (Å²) in [5.41, 5.74) is 5.54. The Morgan fingerprint density at radius 2 is 2.00 bits per heavy atom. The number of nitrogens with zero attached hydrogens (tertiary/aromatic N) is 3. The molecule has 2 saturated heterocycles. The molecule has 2 atom stereocenters. The van der Waals surface area contributed by atoms with Gasteiger partial charge in [0.2, 0.25) is 11.1 Å². The molecule has 1 aromatic rings. The number of anilines is 2. The maximum Gasteiger partial charge on any atom is 0.233 e. The van der Waals surface area contributed by atoms with Gasteiger partial charge >= 0.3 is 0 Å². The zero-order valence-electron chi connectivity index (χ0n) is 8.33. The van der Waals surface area contributed by atoms with E-state index in [1.807, 2.05) is 0 Å². The Labute approximate surface area is 92.1 Å². The van der Waals surface area contributed by atoms with Crippen LogP contribution < -0.4 is 10.6 Å². The third kappa shape index (κ3) is 1.48. The van der Waals surface area contributed by atoms with E-state index in [1.165, 1.54) is 11.5 Å². The predicted molar refractivity (Wildman–Crippen MR) is 58.9 cm³/mol. The fraction of sp³-hybridized carbons (Fsp3) is 0.778. The Hall–Kier alpha value is -0.880. The first-order valence-corrected chi connectivity index (χ1v) is 6.07. The molecule has 0 saturated carbocycles. The zero-order chi connectivity index (χ0) is 10.4. The van der Waals surface area contributed by atoms with Crippen molar-refractivity contribution in [1.29, 1.82) is 0 Å². The number of fused-ring (bicyclic) bond motifs is 2. The summed E-state index contributed by atoms with van der Waals surface area (Å²) >= 11 is 1.36. The van der Waals surface area contributed by atoms with Gasteiger partial charge in [-0.15, -0.1) is 0 Å². The van der Waals surface area contributed by atoms with Crippen LogP contribution in [-0.2, 0) is 0 Å². The predicted octanol–water partition coefficient (Wildman–Crippen LogP) is 0.612. The molecular formula is C9H14N4OS. The van der Waals surface area contributed by atoms with Crippen LogP contribution in [0.2, 0.25) is 0 Å². The first-order chi connectivity index (χ1) is 7.24. The largest absolute Gasteiger partial charge is 0.393 e. The maximum absolute atomic E-state index is 9.68. The molecular weight excluding hydrogens is 212 g/mol. The summed E-state index contributed by atoms with van der Waals surface area (Å²) in [6.45, 7) is 0. The lowest BCUT2D eigenvalue weighted by Crippen LogP contribution is -2.44. The smallest absolute Gasteiger partial charge is 0.233 e. The van der Waals surface area contributed by atoms with E-state index in [1.54, 1.807) is 0 Å². The van der Waals surface area contributed by atoms with E-state index >= 15 is 0 Å². The molecule has 2 aliphatic heterocycles. The van der Waals surface area contributed by atoms with Crippen molar-refractivity contribution >= 4 is 22.6 Å². The lowest BCUT2D eigenvalue weighted by atomic mass is 10.0. The van der Waals surface area contributed by atoms with Crippen LogP contribution >= 0.6 is 11.5 Å². The molecule has 3 heterocycles. The minimum absolute atomic E-state index is 0.135. The van der Waals surface area contributed by atoms with Gasteiger partial charge in [0, 0.05) is 23.6 Å². The van der Waals surface area contributed by atoms with Crippen molar-refractivity contribution < 1.29 is 5.11 Å². The monoisotopic (exact) mass is 226 g/mol. The molecule has 3 N–H and O–H groups in total. The summed E-state index contributed by atoms with van der Waals surface area (Å²) in [6.07, 6.45) is 3.89. The van der Waals surface area contributed by atoms with Crippen molar-refractivity contribution in [2.75, 3.05) is 10.6 Å². The summed E-state index contributed by atoms with van der Waals surface area (Å²) in [5.74, 6) is 0.362. The third-order valence-electron chi connectivity index (χ3n) is 3.36. The summed E-state index contributed by atoms with van der Waals surface area (Å²) < 4.78 is 4.01. The van der Waals surface area contributed by atoms with Crippen LogP contribution in [0.4, 0.5) is 11.1 Å². The molecule has 2 bridgehead atoms. The van der Waals surface area contributed by atoms with E-state index in [0.29, 0.717) is 18.0 Å². The molecule has 82 valence electrons. The molecule has 15 heavy (non-hydrogen) atoms. The van der Waals surface area contributed by atoms with Crippen LogP contribution in [0.25, 0.3) is 0 Å². The molecule has 2 unspecified atom stereocenters. The second kappa shape index (κ2) is 3.31. The second-order valence-corrected chi connectivity index (χ2v) is 5.08. The summed E-state index contributed by atoms with van der Waals surface area (Å²) in [4.78, 5) is 6.54. The Bertz CT molecular complexity index is 355. The molecule has 6 heteroatoms. The Morgan fingerprint density at radius 3 is 2.53 bits per heavy atom. The normalized spacial score (nSPS) is 34.7. The van der Waals surface area contributed by atoms with Gasteiger partial charge in [0.25, 0.3) is 0 Å². The van der Waals surface area contributed by atoms with Gasteiger partial charge in [-0.25, -0.2) is 0 Å². The Morgan fingerprint density at radius 1 is 1.33 bits per heavy atom.